The summed E-state index contributed by atoms with van der Waals surface area (Å²) in [4.78, 5) is 42.5. The molecule has 1 saturated heterocycles. The van der Waals surface area contributed by atoms with Crippen molar-refractivity contribution in [3.05, 3.63) is 52.7 Å². The van der Waals surface area contributed by atoms with Gasteiger partial charge >= 0.3 is 5.97 Å². The summed E-state index contributed by atoms with van der Waals surface area (Å²) in [6, 6.07) is 4.93. The average molecular weight is 384 g/mol. The number of hydrogen-bond donors (Lipinski definition) is 1. The normalized spacial score (nSPS) is 16.5. The number of amides is 1. The fourth-order valence-corrected chi connectivity index (χ4v) is 3.31. The molecule has 0 radical (unpaired) electrons. The molecule has 1 unspecified atom stereocenters. The maximum absolute atomic E-state index is 12.8. The number of carbonyl (C=O) groups is 2. The van der Waals surface area contributed by atoms with Gasteiger partial charge in [0.15, 0.2) is 0 Å². The zero-order valence-electron chi connectivity index (χ0n) is 16.1. The number of methoxy groups -OCH3 is 1. The van der Waals surface area contributed by atoms with E-state index in [1.807, 2.05) is 13.1 Å². The van der Waals surface area contributed by atoms with E-state index in [-0.39, 0.29) is 23.9 Å². The highest BCUT2D eigenvalue weighted by molar-refractivity contribution is 5.93. The molecule has 1 amide bonds. The number of esters is 1. The number of ether oxygens (including phenoxy) is 1. The van der Waals surface area contributed by atoms with E-state index in [1.165, 1.54) is 23.9 Å². The second-order valence-electron chi connectivity index (χ2n) is 6.95. The molecule has 8 nitrogen and oxygen atoms in total. The summed E-state index contributed by atoms with van der Waals surface area (Å²) in [5, 5.41) is 2.86. The second kappa shape index (κ2) is 8.69. The van der Waals surface area contributed by atoms with Gasteiger partial charge in [-0.25, -0.2) is 0 Å². The van der Waals surface area contributed by atoms with E-state index in [4.69, 9.17) is 0 Å². The molecule has 3 heterocycles. The Kier molecular flexibility index (Phi) is 6.08. The molecule has 8 heteroatoms. The van der Waals surface area contributed by atoms with Gasteiger partial charge in [0.25, 0.3) is 5.56 Å². The van der Waals surface area contributed by atoms with E-state index in [9.17, 15) is 14.4 Å². The predicted octanol–water partition coefficient (Wildman–Crippen LogP) is 1.58. The largest absolute Gasteiger partial charge is 0.468 e. The van der Waals surface area contributed by atoms with Gasteiger partial charge in [0.1, 0.15) is 6.54 Å². The Labute approximate surface area is 163 Å². The van der Waals surface area contributed by atoms with Gasteiger partial charge in [-0.05, 0) is 37.5 Å². The topological polar surface area (TPSA) is 93.5 Å². The number of aryl methyl sites for hydroxylation is 1. The number of anilines is 2. The van der Waals surface area contributed by atoms with Crippen LogP contribution in [0.4, 0.5) is 11.4 Å². The highest BCUT2D eigenvalue weighted by Gasteiger charge is 2.26. The lowest BCUT2D eigenvalue weighted by atomic mass is 9.96. The Hall–Kier alpha value is -3.16. The maximum atomic E-state index is 12.8. The third-order valence-corrected chi connectivity index (χ3v) is 4.80. The van der Waals surface area contributed by atoms with Crippen LogP contribution in [0.5, 0.6) is 0 Å². The molecular formula is C20H24N4O4. The number of carbonyl (C=O) groups excluding carboxylic acids is 2. The molecule has 1 aliphatic rings. The molecule has 3 rings (SSSR count). The van der Waals surface area contributed by atoms with E-state index in [0.29, 0.717) is 12.2 Å². The lowest BCUT2D eigenvalue weighted by molar-refractivity contribution is -0.141. The van der Waals surface area contributed by atoms with Crippen LogP contribution in [-0.4, -0.2) is 41.6 Å². The first-order valence-corrected chi connectivity index (χ1v) is 9.21. The van der Waals surface area contributed by atoms with E-state index in [2.05, 4.69) is 26.0 Å². The third-order valence-electron chi connectivity index (χ3n) is 4.80. The molecule has 0 aliphatic carbocycles. The maximum Gasteiger partial charge on any atom is 0.325 e. The average Bonchev–Trinajstić information content (AvgIpc) is 2.70. The number of nitrogens with one attached hydrogen (secondary N) is 1. The molecule has 0 spiro atoms. The van der Waals surface area contributed by atoms with Gasteiger partial charge in [-0.15, -0.1) is 0 Å². The van der Waals surface area contributed by atoms with Crippen LogP contribution >= 0.6 is 0 Å². The van der Waals surface area contributed by atoms with Crippen LogP contribution in [0.2, 0.25) is 0 Å². The minimum atomic E-state index is -0.528. The Balaban J connectivity index is 1.68. The van der Waals surface area contributed by atoms with Crippen LogP contribution in [0.15, 0.2) is 41.6 Å². The van der Waals surface area contributed by atoms with Gasteiger partial charge in [0, 0.05) is 31.5 Å². The van der Waals surface area contributed by atoms with Gasteiger partial charge in [-0.1, -0.05) is 0 Å². The second-order valence-corrected chi connectivity index (χ2v) is 6.95. The molecule has 148 valence electrons. The van der Waals surface area contributed by atoms with Crippen molar-refractivity contribution in [2.45, 2.75) is 26.3 Å². The van der Waals surface area contributed by atoms with Crippen molar-refractivity contribution >= 4 is 23.3 Å². The van der Waals surface area contributed by atoms with Gasteiger partial charge in [-0.2, -0.15) is 0 Å². The van der Waals surface area contributed by atoms with Crippen LogP contribution < -0.4 is 15.8 Å². The summed E-state index contributed by atoms with van der Waals surface area (Å²) in [5.74, 6) is -0.802. The zero-order valence-corrected chi connectivity index (χ0v) is 16.1. The van der Waals surface area contributed by atoms with E-state index < -0.39 is 5.97 Å². The molecule has 28 heavy (non-hydrogen) atoms. The molecule has 1 atom stereocenters. The molecule has 1 aliphatic heterocycles. The highest BCUT2D eigenvalue weighted by Crippen LogP contribution is 2.24. The monoisotopic (exact) mass is 384 g/mol. The summed E-state index contributed by atoms with van der Waals surface area (Å²) >= 11 is 0. The fraction of sp³-hybridized carbons (Fsp3) is 0.400. The summed E-state index contributed by atoms with van der Waals surface area (Å²) in [5.41, 5.74) is 2.24. The first-order chi connectivity index (χ1) is 13.5. The Bertz CT molecular complexity index is 924. The number of rotatable bonds is 5. The lowest BCUT2D eigenvalue weighted by Crippen LogP contribution is -2.41. The van der Waals surface area contributed by atoms with Crippen molar-refractivity contribution in [3.63, 3.8) is 0 Å². The zero-order chi connectivity index (χ0) is 20.1. The third kappa shape index (κ3) is 4.76. The first-order valence-electron chi connectivity index (χ1n) is 9.21. The molecule has 0 aromatic carbocycles. The van der Waals surface area contributed by atoms with Gasteiger partial charge in [0.05, 0.1) is 30.6 Å². The fourth-order valence-electron chi connectivity index (χ4n) is 3.31. The Morgan fingerprint density at radius 2 is 2.14 bits per heavy atom. The molecule has 2 aromatic heterocycles. The van der Waals surface area contributed by atoms with E-state index >= 15 is 0 Å². The Morgan fingerprint density at radius 3 is 2.89 bits per heavy atom. The standard InChI is InChI=1S/C20H24N4O4/c1-14-8-17(10-21-9-14)23-7-3-4-15(11-23)20(27)22-16-5-6-18(25)24(12-16)13-19(26)28-2/h5-6,8-10,12,15H,3-4,7,11,13H2,1-2H3,(H,22,27). The molecule has 0 bridgehead atoms. The van der Waals surface area contributed by atoms with Gasteiger partial charge in [-0.3, -0.25) is 19.4 Å². The number of nitrogens with zero attached hydrogens (tertiary/aromatic N) is 3. The minimum absolute atomic E-state index is 0.103. The number of pyridine rings is 2. The first kappa shape index (κ1) is 19.6. The molecule has 2 aromatic rings. The van der Waals surface area contributed by atoms with Crippen LogP contribution in [-0.2, 0) is 20.9 Å². The quantitative estimate of drug-likeness (QED) is 0.787. The summed E-state index contributed by atoms with van der Waals surface area (Å²) in [6.45, 7) is 3.29. The SMILES string of the molecule is COC(=O)Cn1cc(NC(=O)C2CCCN(c3cncc(C)c3)C2)ccc1=O. The lowest BCUT2D eigenvalue weighted by Gasteiger charge is -2.33. The van der Waals surface area contributed by atoms with Crippen LogP contribution in [0.3, 0.4) is 0 Å². The van der Waals surface area contributed by atoms with Crippen LogP contribution in [0, 0.1) is 12.8 Å². The Morgan fingerprint density at radius 1 is 1.32 bits per heavy atom. The predicted molar refractivity (Wildman–Crippen MR) is 105 cm³/mol. The molecular weight excluding hydrogens is 360 g/mol. The van der Waals surface area contributed by atoms with Gasteiger partial charge < -0.3 is 19.5 Å². The van der Waals surface area contributed by atoms with Crippen molar-refractivity contribution in [2.24, 2.45) is 5.92 Å². The minimum Gasteiger partial charge on any atom is -0.468 e. The molecule has 1 N–H and O–H groups in total. The van der Waals surface area contributed by atoms with Crippen LogP contribution in [0.1, 0.15) is 18.4 Å². The van der Waals surface area contributed by atoms with Crippen molar-refractivity contribution in [3.8, 4) is 0 Å². The van der Waals surface area contributed by atoms with Crippen molar-refractivity contribution in [1.82, 2.24) is 9.55 Å². The molecule has 0 saturated carbocycles. The van der Waals surface area contributed by atoms with Crippen molar-refractivity contribution in [2.75, 3.05) is 30.4 Å². The van der Waals surface area contributed by atoms with E-state index in [0.717, 1.165) is 30.6 Å². The van der Waals surface area contributed by atoms with Crippen molar-refractivity contribution < 1.29 is 14.3 Å². The van der Waals surface area contributed by atoms with Gasteiger partial charge in [0.2, 0.25) is 5.91 Å². The smallest absolute Gasteiger partial charge is 0.325 e. The highest BCUT2D eigenvalue weighted by atomic mass is 16.5. The summed E-state index contributed by atoms with van der Waals surface area (Å²) in [6.07, 6.45) is 6.79. The van der Waals surface area contributed by atoms with Crippen molar-refractivity contribution in [1.29, 1.82) is 0 Å². The number of hydrogen-bond acceptors (Lipinski definition) is 6. The number of aromatic nitrogens is 2. The molecule has 1 fully saturated rings. The van der Waals surface area contributed by atoms with Crippen LogP contribution in [0.25, 0.3) is 0 Å². The summed E-state index contributed by atoms with van der Waals surface area (Å²) in [7, 11) is 1.26. The summed E-state index contributed by atoms with van der Waals surface area (Å²) < 4.78 is 5.81. The van der Waals surface area contributed by atoms with E-state index in [1.54, 1.807) is 12.3 Å². The number of piperidine rings is 1.